The van der Waals surface area contributed by atoms with Gasteiger partial charge in [0.1, 0.15) is 17.6 Å². The maximum atomic E-state index is 13.9. The summed E-state index contributed by atoms with van der Waals surface area (Å²) in [6.45, 7) is 12.3. The van der Waals surface area contributed by atoms with Gasteiger partial charge in [-0.3, -0.25) is 4.79 Å². The molecule has 184 valence electrons. The SMILES string of the molecule is COc1cccc(C(NC(=O)c2cc(C(C)C)nc3c2c(C)nn3C(C)(C)C)c2nccn2C)c1. The summed E-state index contributed by atoms with van der Waals surface area (Å²) in [7, 11) is 3.55. The van der Waals surface area contributed by atoms with Gasteiger partial charge in [-0.2, -0.15) is 5.10 Å². The zero-order valence-electron chi connectivity index (χ0n) is 21.7. The number of rotatable bonds is 6. The molecule has 0 aliphatic heterocycles. The van der Waals surface area contributed by atoms with Crippen molar-refractivity contribution < 1.29 is 9.53 Å². The molecule has 1 N–H and O–H groups in total. The summed E-state index contributed by atoms with van der Waals surface area (Å²) in [5, 5.41) is 8.77. The van der Waals surface area contributed by atoms with Gasteiger partial charge >= 0.3 is 0 Å². The molecule has 0 aliphatic rings. The molecule has 0 saturated heterocycles. The van der Waals surface area contributed by atoms with E-state index in [2.05, 4.69) is 44.9 Å². The van der Waals surface area contributed by atoms with E-state index in [0.717, 1.165) is 33.8 Å². The minimum atomic E-state index is -0.471. The van der Waals surface area contributed by atoms with Gasteiger partial charge in [-0.15, -0.1) is 0 Å². The fourth-order valence-electron chi connectivity index (χ4n) is 4.23. The van der Waals surface area contributed by atoms with Crippen LogP contribution < -0.4 is 10.1 Å². The van der Waals surface area contributed by atoms with Crippen LogP contribution in [0.5, 0.6) is 5.75 Å². The van der Waals surface area contributed by atoms with E-state index in [0.29, 0.717) is 11.3 Å². The van der Waals surface area contributed by atoms with Crippen LogP contribution in [0.2, 0.25) is 0 Å². The lowest BCUT2D eigenvalue weighted by atomic mass is 10.0. The second kappa shape index (κ2) is 9.17. The van der Waals surface area contributed by atoms with Crippen LogP contribution in [-0.4, -0.2) is 37.3 Å². The van der Waals surface area contributed by atoms with Crippen LogP contribution in [-0.2, 0) is 12.6 Å². The number of pyridine rings is 1. The number of benzene rings is 1. The lowest BCUT2D eigenvalue weighted by Gasteiger charge is -2.22. The molecule has 1 amide bonds. The van der Waals surface area contributed by atoms with Gasteiger partial charge in [-0.25, -0.2) is 14.6 Å². The van der Waals surface area contributed by atoms with E-state index in [4.69, 9.17) is 14.8 Å². The molecule has 0 spiro atoms. The number of aromatic nitrogens is 5. The average Bonchev–Trinajstić information content (AvgIpc) is 3.39. The fraction of sp³-hybridized carbons (Fsp3) is 0.407. The minimum Gasteiger partial charge on any atom is -0.497 e. The molecule has 35 heavy (non-hydrogen) atoms. The van der Waals surface area contributed by atoms with Gasteiger partial charge in [0.05, 0.1) is 29.3 Å². The molecule has 3 heterocycles. The highest BCUT2D eigenvalue weighted by Crippen LogP contribution is 2.30. The lowest BCUT2D eigenvalue weighted by molar-refractivity contribution is 0.0942. The largest absolute Gasteiger partial charge is 0.497 e. The molecule has 0 bridgehead atoms. The Morgan fingerprint density at radius 3 is 2.51 bits per heavy atom. The second-order valence-electron chi connectivity index (χ2n) is 10.2. The topological polar surface area (TPSA) is 86.9 Å². The Labute approximate surface area is 206 Å². The van der Waals surface area contributed by atoms with Crippen LogP contribution >= 0.6 is 0 Å². The van der Waals surface area contributed by atoms with E-state index in [9.17, 15) is 4.79 Å². The zero-order valence-corrected chi connectivity index (χ0v) is 21.7. The maximum absolute atomic E-state index is 13.9. The molecule has 1 aromatic carbocycles. The van der Waals surface area contributed by atoms with Gasteiger partial charge in [-0.05, 0) is 57.4 Å². The standard InChI is InChI=1S/C27H34N6O2/c1-16(2)21-15-20(22-17(3)31-33(24(22)29-21)27(4,5)6)26(34)30-23(25-28-12-13-32(25)7)18-10-9-11-19(14-18)35-8/h9-16,23H,1-8H3,(H,30,34). The highest BCUT2D eigenvalue weighted by atomic mass is 16.5. The van der Waals surface area contributed by atoms with Gasteiger partial charge in [0.15, 0.2) is 5.65 Å². The summed E-state index contributed by atoms with van der Waals surface area (Å²) in [6, 6.07) is 9.10. The van der Waals surface area contributed by atoms with Crippen molar-refractivity contribution >= 4 is 16.9 Å². The first-order valence-electron chi connectivity index (χ1n) is 11.8. The first-order valence-corrected chi connectivity index (χ1v) is 11.8. The van der Waals surface area contributed by atoms with Crippen molar-refractivity contribution in [1.82, 2.24) is 29.6 Å². The van der Waals surface area contributed by atoms with Crippen LogP contribution in [0.3, 0.4) is 0 Å². The summed E-state index contributed by atoms with van der Waals surface area (Å²) in [4.78, 5) is 23.4. The molecule has 0 saturated carbocycles. The number of imidazole rings is 1. The summed E-state index contributed by atoms with van der Waals surface area (Å²) in [5.74, 6) is 1.39. The number of hydrogen-bond donors (Lipinski definition) is 1. The Kier molecular flexibility index (Phi) is 6.40. The van der Waals surface area contributed by atoms with Crippen LogP contribution in [0, 0.1) is 6.92 Å². The molecular weight excluding hydrogens is 440 g/mol. The van der Waals surface area contributed by atoms with Gasteiger partial charge < -0.3 is 14.6 Å². The van der Waals surface area contributed by atoms with Gasteiger partial charge in [0, 0.05) is 25.1 Å². The van der Waals surface area contributed by atoms with E-state index in [1.807, 2.05) is 59.7 Å². The van der Waals surface area contributed by atoms with Gasteiger partial charge in [0.2, 0.25) is 0 Å². The van der Waals surface area contributed by atoms with Crippen molar-refractivity contribution in [3.63, 3.8) is 0 Å². The van der Waals surface area contributed by atoms with Crippen LogP contribution in [0.15, 0.2) is 42.7 Å². The number of nitrogens with zero attached hydrogens (tertiary/aromatic N) is 5. The van der Waals surface area contributed by atoms with Gasteiger partial charge in [0.25, 0.3) is 5.91 Å². The molecule has 4 rings (SSSR count). The highest BCUT2D eigenvalue weighted by molar-refractivity contribution is 6.07. The van der Waals surface area contributed by atoms with Crippen LogP contribution in [0.1, 0.15) is 79.7 Å². The monoisotopic (exact) mass is 474 g/mol. The molecule has 1 atom stereocenters. The predicted octanol–water partition coefficient (Wildman–Crippen LogP) is 4.88. The van der Waals surface area contributed by atoms with Crippen LogP contribution in [0.4, 0.5) is 0 Å². The van der Waals surface area contributed by atoms with Crippen LogP contribution in [0.25, 0.3) is 11.0 Å². The van der Waals surface area contributed by atoms with Crippen molar-refractivity contribution in [3.05, 3.63) is 71.1 Å². The van der Waals surface area contributed by atoms with E-state index < -0.39 is 6.04 Å². The Morgan fingerprint density at radius 2 is 1.91 bits per heavy atom. The number of methoxy groups -OCH3 is 1. The fourth-order valence-corrected chi connectivity index (χ4v) is 4.23. The molecule has 0 aliphatic carbocycles. The number of carbonyl (C=O) groups excluding carboxylic acids is 1. The summed E-state index contributed by atoms with van der Waals surface area (Å²) >= 11 is 0. The van der Waals surface area contributed by atoms with Crippen molar-refractivity contribution in [2.75, 3.05) is 7.11 Å². The molecule has 0 fully saturated rings. The van der Waals surface area contributed by atoms with E-state index in [1.54, 1.807) is 13.3 Å². The number of carbonyl (C=O) groups is 1. The Bertz CT molecular complexity index is 1380. The molecule has 4 aromatic rings. The summed E-state index contributed by atoms with van der Waals surface area (Å²) < 4.78 is 9.26. The highest BCUT2D eigenvalue weighted by Gasteiger charge is 2.28. The Balaban J connectivity index is 1.86. The molecule has 8 nitrogen and oxygen atoms in total. The third-order valence-electron chi connectivity index (χ3n) is 6.12. The summed E-state index contributed by atoms with van der Waals surface area (Å²) in [5.41, 5.74) is 3.51. The first kappa shape index (κ1) is 24.4. The number of nitrogens with one attached hydrogen (secondary N) is 1. The predicted molar refractivity (Wildman–Crippen MR) is 137 cm³/mol. The first-order chi connectivity index (χ1) is 16.5. The maximum Gasteiger partial charge on any atom is 0.253 e. The summed E-state index contributed by atoms with van der Waals surface area (Å²) in [6.07, 6.45) is 3.60. The minimum absolute atomic E-state index is 0.151. The number of amides is 1. The van der Waals surface area contributed by atoms with E-state index in [1.165, 1.54) is 0 Å². The quantitative estimate of drug-likeness (QED) is 0.430. The van der Waals surface area contributed by atoms with Gasteiger partial charge in [-0.1, -0.05) is 26.0 Å². The van der Waals surface area contributed by atoms with Crippen molar-refractivity contribution in [2.45, 2.75) is 59.0 Å². The Morgan fingerprint density at radius 1 is 1.17 bits per heavy atom. The normalized spacial score (nSPS) is 12.8. The van der Waals surface area contributed by atoms with Crippen molar-refractivity contribution in [3.8, 4) is 5.75 Å². The van der Waals surface area contributed by atoms with E-state index >= 15 is 0 Å². The number of fused-ring (bicyclic) bond motifs is 1. The lowest BCUT2D eigenvalue weighted by Crippen LogP contribution is -2.31. The van der Waals surface area contributed by atoms with Crippen molar-refractivity contribution in [1.29, 1.82) is 0 Å². The smallest absolute Gasteiger partial charge is 0.253 e. The molecule has 0 radical (unpaired) electrons. The number of hydrogen-bond acceptors (Lipinski definition) is 5. The van der Waals surface area contributed by atoms with E-state index in [-0.39, 0.29) is 17.4 Å². The molecule has 3 aromatic heterocycles. The molecule has 1 unspecified atom stereocenters. The van der Waals surface area contributed by atoms with Crippen molar-refractivity contribution in [2.24, 2.45) is 7.05 Å². The third kappa shape index (κ3) is 4.65. The third-order valence-corrected chi connectivity index (χ3v) is 6.12. The zero-order chi connectivity index (χ0) is 25.5. The second-order valence-corrected chi connectivity index (χ2v) is 10.2. The number of aryl methyl sites for hydroxylation is 2. The Hall–Kier alpha value is -3.68. The number of ether oxygens (including phenoxy) is 1. The molecule has 8 heteroatoms. The average molecular weight is 475 g/mol. The molecular formula is C27H34N6O2.